The zero-order chi connectivity index (χ0) is 14.5. The maximum atomic E-state index is 4.25. The van der Waals surface area contributed by atoms with Crippen LogP contribution in [0, 0.1) is 5.92 Å². The number of benzene rings is 1. The molecule has 0 bridgehead atoms. The second-order valence-corrected chi connectivity index (χ2v) is 6.38. The Kier molecular flexibility index (Phi) is 4.87. The lowest BCUT2D eigenvalue weighted by Gasteiger charge is -2.24. The highest BCUT2D eigenvalue weighted by molar-refractivity contribution is 5.85. The van der Waals surface area contributed by atoms with Gasteiger partial charge in [0.2, 0.25) is 0 Å². The molecular weight excluding hydrogens is 256 g/mol. The molecule has 21 heavy (non-hydrogen) atoms. The van der Waals surface area contributed by atoms with Gasteiger partial charge in [-0.05, 0) is 36.4 Å². The molecule has 3 rings (SSSR count). The Balaban J connectivity index is 1.84. The lowest BCUT2D eigenvalue weighted by molar-refractivity contribution is 0.369. The quantitative estimate of drug-likeness (QED) is 0.810. The van der Waals surface area contributed by atoms with Crippen molar-refractivity contribution in [2.45, 2.75) is 51.0 Å². The summed E-state index contributed by atoms with van der Waals surface area (Å²) in [6.45, 7) is 0. The minimum Gasteiger partial charge on any atom is -0.313 e. The Bertz CT molecular complexity index is 565. The molecule has 1 saturated carbocycles. The Morgan fingerprint density at radius 2 is 1.95 bits per heavy atom. The number of fused-ring (bicyclic) bond motifs is 1. The number of nitrogens with one attached hydrogen (secondary N) is 1. The van der Waals surface area contributed by atoms with E-state index >= 15 is 0 Å². The molecule has 1 atom stereocenters. The van der Waals surface area contributed by atoms with E-state index in [2.05, 4.69) is 41.6 Å². The van der Waals surface area contributed by atoms with Crippen LogP contribution in [0.2, 0.25) is 0 Å². The van der Waals surface area contributed by atoms with Gasteiger partial charge in [0.05, 0.1) is 0 Å². The molecule has 1 heterocycles. The minimum atomic E-state index is 0.458. The maximum absolute atomic E-state index is 4.25. The molecule has 1 N–H and O–H groups in total. The van der Waals surface area contributed by atoms with Crippen molar-refractivity contribution in [2.75, 3.05) is 7.05 Å². The highest BCUT2D eigenvalue weighted by atomic mass is 14.9. The molecule has 2 aromatic rings. The van der Waals surface area contributed by atoms with Gasteiger partial charge in [0, 0.05) is 23.8 Å². The van der Waals surface area contributed by atoms with E-state index in [-0.39, 0.29) is 0 Å². The predicted molar refractivity (Wildman–Crippen MR) is 89.4 cm³/mol. The lowest BCUT2D eigenvalue weighted by atomic mass is 9.88. The second-order valence-electron chi connectivity index (χ2n) is 6.38. The third-order valence-corrected chi connectivity index (χ3v) is 4.98. The zero-order valence-corrected chi connectivity index (χ0v) is 13.0. The SMILES string of the molecule is CNC(CC1CCCCCC1)c1cccc2cnccc12. The van der Waals surface area contributed by atoms with E-state index in [1.165, 1.54) is 61.3 Å². The Morgan fingerprint density at radius 3 is 2.71 bits per heavy atom. The molecule has 2 heteroatoms. The summed E-state index contributed by atoms with van der Waals surface area (Å²) in [5.74, 6) is 0.877. The molecule has 1 aliphatic carbocycles. The van der Waals surface area contributed by atoms with Gasteiger partial charge in [-0.15, -0.1) is 0 Å². The van der Waals surface area contributed by atoms with Crippen molar-refractivity contribution in [3.63, 3.8) is 0 Å². The third kappa shape index (κ3) is 3.44. The van der Waals surface area contributed by atoms with Crippen LogP contribution >= 0.6 is 0 Å². The van der Waals surface area contributed by atoms with Gasteiger partial charge in [0.1, 0.15) is 0 Å². The van der Waals surface area contributed by atoms with Crippen LogP contribution in [0.4, 0.5) is 0 Å². The topological polar surface area (TPSA) is 24.9 Å². The number of hydrogen-bond donors (Lipinski definition) is 1. The largest absolute Gasteiger partial charge is 0.313 e. The molecule has 0 saturated heterocycles. The second kappa shape index (κ2) is 7.04. The van der Waals surface area contributed by atoms with E-state index < -0.39 is 0 Å². The lowest BCUT2D eigenvalue weighted by Crippen LogP contribution is -2.20. The average Bonchev–Trinajstić information content (AvgIpc) is 2.81. The van der Waals surface area contributed by atoms with Crippen LogP contribution in [0.15, 0.2) is 36.7 Å². The summed E-state index contributed by atoms with van der Waals surface area (Å²) in [5.41, 5.74) is 1.43. The van der Waals surface area contributed by atoms with Crippen molar-refractivity contribution in [1.82, 2.24) is 10.3 Å². The summed E-state index contributed by atoms with van der Waals surface area (Å²) in [6, 6.07) is 9.21. The summed E-state index contributed by atoms with van der Waals surface area (Å²) in [5, 5.41) is 6.15. The normalized spacial score (nSPS) is 18.5. The molecule has 112 valence electrons. The molecule has 1 unspecified atom stereocenters. The van der Waals surface area contributed by atoms with Crippen molar-refractivity contribution in [2.24, 2.45) is 5.92 Å². The van der Waals surface area contributed by atoms with Gasteiger partial charge in [-0.1, -0.05) is 56.7 Å². The van der Waals surface area contributed by atoms with Crippen LogP contribution in [0.1, 0.15) is 56.6 Å². The molecule has 1 fully saturated rings. The first-order valence-corrected chi connectivity index (χ1v) is 8.38. The average molecular weight is 282 g/mol. The van der Waals surface area contributed by atoms with Gasteiger partial charge in [-0.25, -0.2) is 0 Å². The predicted octanol–water partition coefficient (Wildman–Crippen LogP) is 4.86. The molecule has 0 radical (unpaired) electrons. The number of aromatic nitrogens is 1. The smallest absolute Gasteiger partial charge is 0.0346 e. The van der Waals surface area contributed by atoms with Gasteiger partial charge < -0.3 is 5.32 Å². The Labute approximate surface area is 128 Å². The van der Waals surface area contributed by atoms with Crippen molar-refractivity contribution < 1.29 is 0 Å². The summed E-state index contributed by atoms with van der Waals surface area (Å²) < 4.78 is 0. The Hall–Kier alpha value is -1.41. The third-order valence-electron chi connectivity index (χ3n) is 4.98. The van der Waals surface area contributed by atoms with E-state index in [0.29, 0.717) is 6.04 Å². The standard InChI is InChI=1S/C19H26N2/c1-20-19(13-15-7-4-2-3-5-8-15)18-10-6-9-16-14-21-12-11-17(16)18/h6,9-12,14-15,19-20H,2-5,7-8,13H2,1H3. The van der Waals surface area contributed by atoms with Crippen LogP contribution in [0.3, 0.4) is 0 Å². The van der Waals surface area contributed by atoms with Gasteiger partial charge in [0.15, 0.2) is 0 Å². The molecule has 1 aromatic heterocycles. The summed E-state index contributed by atoms with van der Waals surface area (Å²) >= 11 is 0. The molecular formula is C19H26N2. The van der Waals surface area contributed by atoms with E-state index in [0.717, 1.165) is 5.92 Å². The van der Waals surface area contributed by atoms with E-state index in [9.17, 15) is 0 Å². The van der Waals surface area contributed by atoms with Crippen LogP contribution < -0.4 is 5.32 Å². The first-order chi connectivity index (χ1) is 10.4. The summed E-state index contributed by atoms with van der Waals surface area (Å²) in [7, 11) is 2.10. The molecule has 1 aromatic carbocycles. The number of hydrogen-bond acceptors (Lipinski definition) is 2. The molecule has 2 nitrogen and oxygen atoms in total. The van der Waals surface area contributed by atoms with Gasteiger partial charge >= 0.3 is 0 Å². The van der Waals surface area contributed by atoms with Crippen LogP contribution in [-0.4, -0.2) is 12.0 Å². The van der Waals surface area contributed by atoms with Gasteiger partial charge in [-0.3, -0.25) is 4.98 Å². The van der Waals surface area contributed by atoms with Crippen molar-refractivity contribution >= 4 is 10.8 Å². The number of rotatable bonds is 4. The molecule has 0 amide bonds. The fourth-order valence-electron chi connectivity index (χ4n) is 3.78. The fraction of sp³-hybridized carbons (Fsp3) is 0.526. The highest BCUT2D eigenvalue weighted by Gasteiger charge is 2.19. The number of pyridine rings is 1. The molecule has 0 spiro atoms. The van der Waals surface area contributed by atoms with Gasteiger partial charge in [0.25, 0.3) is 0 Å². The summed E-state index contributed by atoms with van der Waals surface area (Å²) in [4.78, 5) is 4.25. The monoisotopic (exact) mass is 282 g/mol. The summed E-state index contributed by atoms with van der Waals surface area (Å²) in [6.07, 6.45) is 13.6. The van der Waals surface area contributed by atoms with Crippen molar-refractivity contribution in [1.29, 1.82) is 0 Å². The van der Waals surface area contributed by atoms with Crippen molar-refractivity contribution in [3.05, 3.63) is 42.2 Å². The fourth-order valence-corrected chi connectivity index (χ4v) is 3.78. The Morgan fingerprint density at radius 1 is 1.14 bits per heavy atom. The molecule has 1 aliphatic rings. The van der Waals surface area contributed by atoms with Crippen molar-refractivity contribution in [3.8, 4) is 0 Å². The zero-order valence-electron chi connectivity index (χ0n) is 13.0. The van der Waals surface area contributed by atoms with Crippen LogP contribution in [-0.2, 0) is 0 Å². The van der Waals surface area contributed by atoms with Gasteiger partial charge in [-0.2, -0.15) is 0 Å². The van der Waals surface area contributed by atoms with Crippen LogP contribution in [0.25, 0.3) is 10.8 Å². The van der Waals surface area contributed by atoms with E-state index in [1.807, 2.05) is 12.4 Å². The van der Waals surface area contributed by atoms with Crippen LogP contribution in [0.5, 0.6) is 0 Å². The number of nitrogens with zero attached hydrogens (tertiary/aromatic N) is 1. The first-order valence-electron chi connectivity index (χ1n) is 8.38. The highest BCUT2D eigenvalue weighted by Crippen LogP contribution is 2.33. The maximum Gasteiger partial charge on any atom is 0.0346 e. The molecule has 0 aliphatic heterocycles. The van der Waals surface area contributed by atoms with E-state index in [1.54, 1.807) is 0 Å². The minimum absolute atomic E-state index is 0.458. The first kappa shape index (κ1) is 14.5. The van der Waals surface area contributed by atoms with E-state index in [4.69, 9.17) is 0 Å².